The van der Waals surface area contributed by atoms with Gasteiger partial charge in [0.2, 0.25) is 0 Å². The van der Waals surface area contributed by atoms with Gasteiger partial charge in [0.15, 0.2) is 0 Å². The molecule has 2 aromatic rings. The van der Waals surface area contributed by atoms with E-state index in [1.54, 1.807) is 30.3 Å². The van der Waals surface area contributed by atoms with Crippen LogP contribution in [0.25, 0.3) is 0 Å². The fraction of sp³-hybridized carbons (Fsp3) is 0.357. The number of hydrogen-bond donors (Lipinski definition) is 1. The molecule has 10 heteroatoms. The van der Waals surface area contributed by atoms with E-state index in [1.165, 1.54) is 11.4 Å². The second kappa shape index (κ2) is 7.79. The normalized spacial score (nSPS) is 12.4. The van der Waals surface area contributed by atoms with Crippen LogP contribution in [0.4, 0.5) is 0 Å². The molecule has 0 amide bonds. The number of ether oxygens (including phenoxy) is 1. The molecule has 1 aromatic heterocycles. The minimum absolute atomic E-state index is 0.207. The van der Waals surface area contributed by atoms with Crippen LogP contribution in [0.5, 0.6) is 5.75 Å². The second-order valence-electron chi connectivity index (χ2n) is 4.99. The Kier molecular flexibility index (Phi) is 5.99. The van der Waals surface area contributed by atoms with E-state index >= 15 is 0 Å². The minimum atomic E-state index is -3.85. The van der Waals surface area contributed by atoms with Gasteiger partial charge in [0.05, 0.1) is 0 Å². The molecule has 1 atom stereocenters. The number of rotatable bonds is 7. The summed E-state index contributed by atoms with van der Waals surface area (Å²) in [6, 6.07) is 8.38. The van der Waals surface area contributed by atoms with E-state index in [1.807, 2.05) is 6.92 Å². The van der Waals surface area contributed by atoms with Crippen molar-refractivity contribution < 1.29 is 17.9 Å². The molecule has 0 saturated heterocycles. The molecule has 1 aromatic carbocycles. The van der Waals surface area contributed by atoms with Gasteiger partial charge in [-0.1, -0.05) is 41.7 Å². The lowest BCUT2D eigenvalue weighted by molar-refractivity contribution is 0.0733. The van der Waals surface area contributed by atoms with Crippen molar-refractivity contribution in [3.05, 3.63) is 35.3 Å². The smallest absolute Gasteiger partial charge is 0.418 e. The first-order valence-electron chi connectivity index (χ1n) is 7.25. The third-order valence-electron chi connectivity index (χ3n) is 3.20. The molecule has 0 aliphatic carbocycles. The van der Waals surface area contributed by atoms with Crippen LogP contribution in [-0.2, 0) is 10.0 Å². The summed E-state index contributed by atoms with van der Waals surface area (Å²) in [7, 11) is -3.95. The first-order valence-corrected chi connectivity index (χ1v) is 9.98. The van der Waals surface area contributed by atoms with Gasteiger partial charge < -0.3 is 4.74 Å². The van der Waals surface area contributed by atoms with Crippen molar-refractivity contribution in [2.24, 2.45) is 0 Å². The minimum Gasteiger partial charge on any atom is -0.418 e. The van der Waals surface area contributed by atoms with Crippen molar-refractivity contribution in [1.82, 2.24) is 14.5 Å². The number of benzene rings is 1. The van der Waals surface area contributed by atoms with Gasteiger partial charge >= 0.3 is 25.3 Å². The van der Waals surface area contributed by atoms with Crippen molar-refractivity contribution in [1.29, 1.82) is 0 Å². The molecule has 0 fully saturated rings. The number of nitrogen functional groups attached to an aromatic ring is 1. The van der Waals surface area contributed by atoms with Crippen LogP contribution in [0.15, 0.2) is 34.7 Å². The molecule has 0 saturated carbocycles. The standard InChI is InChI=1S/C14H19N4O4S2/c1-3-4-10-18(2)24(20,21)14-17-16-12(23(14)15)13(19)22-11-8-6-5-7-9-11/h5-9H,3-4,10,15H2,1-2H3/q+1. The van der Waals surface area contributed by atoms with E-state index in [9.17, 15) is 13.2 Å². The molecule has 0 radical (unpaired) electrons. The highest BCUT2D eigenvalue weighted by atomic mass is 32.3. The number of carbonyl (C=O) groups excluding carboxylic acids is 1. The van der Waals surface area contributed by atoms with Crippen LogP contribution in [0.1, 0.15) is 29.6 Å². The fourth-order valence-corrected chi connectivity index (χ4v) is 4.78. The zero-order valence-electron chi connectivity index (χ0n) is 13.4. The maximum absolute atomic E-state index is 12.5. The lowest BCUT2D eigenvalue weighted by atomic mass is 10.3. The van der Waals surface area contributed by atoms with Gasteiger partial charge in [0.25, 0.3) is 0 Å². The lowest BCUT2D eigenvalue weighted by Gasteiger charge is -2.12. The van der Waals surface area contributed by atoms with E-state index in [4.69, 9.17) is 9.88 Å². The molecule has 2 N–H and O–H groups in total. The van der Waals surface area contributed by atoms with E-state index in [0.29, 0.717) is 18.7 Å². The summed E-state index contributed by atoms with van der Waals surface area (Å²) in [6.45, 7) is 2.31. The Morgan fingerprint density at radius 2 is 1.96 bits per heavy atom. The number of aromatic nitrogens is 2. The van der Waals surface area contributed by atoms with E-state index in [2.05, 4.69) is 10.2 Å². The summed E-state index contributed by atoms with van der Waals surface area (Å²) in [4.78, 5) is 12.1. The molecule has 2 rings (SSSR count). The van der Waals surface area contributed by atoms with Gasteiger partial charge in [0, 0.05) is 13.6 Å². The SMILES string of the molecule is CCCCN(C)S(=O)(=O)c1nnc(C(=O)Oc2ccccc2)[s+]1N. The summed E-state index contributed by atoms with van der Waals surface area (Å²) in [5.41, 5.74) is 0. The molecule has 0 aliphatic rings. The Balaban J connectivity index is 2.23. The number of carbonyl (C=O) groups is 1. The Bertz CT molecular complexity index is 805. The van der Waals surface area contributed by atoms with E-state index in [-0.39, 0.29) is 9.35 Å². The van der Waals surface area contributed by atoms with Crippen LogP contribution in [0, 0.1) is 0 Å². The second-order valence-corrected chi connectivity index (χ2v) is 8.66. The number of nitrogens with two attached hydrogens (primary N) is 1. The topological polar surface area (TPSA) is 115 Å². The lowest BCUT2D eigenvalue weighted by Crippen LogP contribution is -2.28. The van der Waals surface area contributed by atoms with Crippen molar-refractivity contribution in [3.8, 4) is 5.75 Å². The molecule has 24 heavy (non-hydrogen) atoms. The highest BCUT2D eigenvalue weighted by Crippen LogP contribution is 2.27. The van der Waals surface area contributed by atoms with Crippen LogP contribution in [0.3, 0.4) is 0 Å². The van der Waals surface area contributed by atoms with Gasteiger partial charge in [-0.05, 0) is 18.6 Å². The molecule has 8 nitrogen and oxygen atoms in total. The predicted octanol–water partition coefficient (Wildman–Crippen LogP) is 1.58. The molecular formula is C14H19N4O4S2+. The Morgan fingerprint density at radius 1 is 1.29 bits per heavy atom. The molecule has 0 aliphatic heterocycles. The summed E-state index contributed by atoms with van der Waals surface area (Å²) < 4.78 is 30.9. The average molecular weight is 371 g/mol. The highest BCUT2D eigenvalue weighted by molar-refractivity contribution is 7.91. The number of unbranched alkanes of at least 4 members (excludes halogenated alkanes) is 1. The highest BCUT2D eigenvalue weighted by Gasteiger charge is 2.40. The van der Waals surface area contributed by atoms with Gasteiger partial charge in [-0.2, -0.15) is 12.7 Å². The maximum Gasteiger partial charge on any atom is 0.421 e. The van der Waals surface area contributed by atoms with Gasteiger partial charge in [0.1, 0.15) is 16.4 Å². The molecular weight excluding hydrogens is 352 g/mol. The number of nitrogens with zero attached hydrogens (tertiary/aromatic N) is 3. The quantitative estimate of drug-likeness (QED) is 0.446. The Labute approximate surface area is 143 Å². The maximum atomic E-state index is 12.5. The number of hydrogen-bond acceptors (Lipinski definition) is 7. The fourth-order valence-electron chi connectivity index (χ4n) is 1.83. The molecule has 0 spiro atoms. The van der Waals surface area contributed by atoms with Crippen LogP contribution < -0.4 is 9.88 Å². The Hall–Kier alpha value is -1.88. The predicted molar refractivity (Wildman–Crippen MR) is 90.8 cm³/mol. The summed E-state index contributed by atoms with van der Waals surface area (Å²) in [5, 5.41) is 12.9. The Morgan fingerprint density at radius 3 is 2.58 bits per heavy atom. The van der Waals surface area contributed by atoms with E-state index < -0.39 is 26.6 Å². The van der Waals surface area contributed by atoms with Gasteiger partial charge in [-0.3, -0.25) is 0 Å². The zero-order valence-corrected chi connectivity index (χ0v) is 15.0. The van der Waals surface area contributed by atoms with Crippen LogP contribution >= 0.6 is 10.7 Å². The van der Waals surface area contributed by atoms with Crippen LogP contribution in [0.2, 0.25) is 0 Å². The number of para-hydroxylation sites is 1. The van der Waals surface area contributed by atoms with Gasteiger partial charge in [-0.25, -0.2) is 4.79 Å². The van der Waals surface area contributed by atoms with Crippen molar-refractivity contribution in [2.45, 2.75) is 24.1 Å². The summed E-state index contributed by atoms with van der Waals surface area (Å²) >= 11 is 0. The largest absolute Gasteiger partial charge is 0.421 e. The number of esters is 1. The van der Waals surface area contributed by atoms with Crippen LogP contribution in [-0.4, -0.2) is 42.5 Å². The monoisotopic (exact) mass is 371 g/mol. The third kappa shape index (κ3) is 3.96. The van der Waals surface area contributed by atoms with Crippen molar-refractivity contribution in [3.63, 3.8) is 0 Å². The summed E-state index contributed by atoms with van der Waals surface area (Å²) in [5.74, 6) is -0.490. The van der Waals surface area contributed by atoms with E-state index in [0.717, 1.165) is 6.42 Å². The van der Waals surface area contributed by atoms with Gasteiger partial charge in [-0.15, -0.1) is 5.14 Å². The first-order chi connectivity index (χ1) is 11.4. The average Bonchev–Trinajstić information content (AvgIpc) is 2.95. The molecule has 1 unspecified atom stereocenters. The molecule has 130 valence electrons. The zero-order chi connectivity index (χ0) is 17.7. The number of sulfonamides is 1. The summed E-state index contributed by atoms with van der Waals surface area (Å²) in [6.07, 6.45) is 1.57. The molecule has 1 heterocycles. The molecule has 0 bridgehead atoms. The van der Waals surface area contributed by atoms with Crippen molar-refractivity contribution in [2.75, 3.05) is 18.7 Å². The third-order valence-corrected chi connectivity index (χ3v) is 7.02. The van der Waals surface area contributed by atoms with Crippen molar-refractivity contribution >= 4 is 26.6 Å². The first kappa shape index (κ1) is 18.5.